The maximum absolute atomic E-state index is 12.5. The molecule has 6 heteroatoms. The molecule has 0 aliphatic heterocycles. The molecule has 5 nitrogen and oxygen atoms in total. The van der Waals surface area contributed by atoms with Crippen molar-refractivity contribution >= 4 is 21.8 Å². The Labute approximate surface area is 179 Å². The van der Waals surface area contributed by atoms with Crippen molar-refractivity contribution in [3.63, 3.8) is 0 Å². The Hall–Kier alpha value is -2.60. The molecule has 1 N–H and O–H groups in total. The van der Waals surface area contributed by atoms with Crippen LogP contribution in [0, 0.1) is 13.8 Å². The molecular weight excluding hydrogens is 432 g/mol. The van der Waals surface area contributed by atoms with Crippen molar-refractivity contribution in [2.24, 2.45) is 0 Å². The summed E-state index contributed by atoms with van der Waals surface area (Å²) in [5, 5.41) is 7.05. The number of aryl methyl sites for hydroxylation is 2. The lowest BCUT2D eigenvalue weighted by molar-refractivity contribution is -0.121. The van der Waals surface area contributed by atoms with Crippen molar-refractivity contribution < 1.29 is 14.1 Å². The first kappa shape index (κ1) is 21.1. The van der Waals surface area contributed by atoms with Gasteiger partial charge in [-0.25, -0.2) is 0 Å². The lowest BCUT2D eigenvalue weighted by atomic mass is 10.0. The van der Waals surface area contributed by atoms with Gasteiger partial charge < -0.3 is 14.6 Å². The number of hydrogen-bond acceptors (Lipinski definition) is 4. The SMILES string of the molecule is CCC(NC(=O)Cc1ccc(OCc2c(C)noc2C)cc1)c1ccc(Br)cc1. The Morgan fingerprint density at radius 2 is 1.83 bits per heavy atom. The molecule has 3 aromatic rings. The molecule has 152 valence electrons. The summed E-state index contributed by atoms with van der Waals surface area (Å²) in [6.07, 6.45) is 1.17. The van der Waals surface area contributed by atoms with Crippen LogP contribution in [-0.4, -0.2) is 11.1 Å². The van der Waals surface area contributed by atoms with Gasteiger partial charge in [-0.1, -0.05) is 52.3 Å². The van der Waals surface area contributed by atoms with Crippen LogP contribution in [0.3, 0.4) is 0 Å². The quantitative estimate of drug-likeness (QED) is 0.489. The summed E-state index contributed by atoms with van der Waals surface area (Å²) in [6, 6.07) is 15.7. The van der Waals surface area contributed by atoms with Gasteiger partial charge >= 0.3 is 0 Å². The number of nitrogens with zero attached hydrogens (tertiary/aromatic N) is 1. The topological polar surface area (TPSA) is 64.4 Å². The predicted molar refractivity (Wildman–Crippen MR) is 116 cm³/mol. The molecule has 0 fully saturated rings. The van der Waals surface area contributed by atoms with E-state index in [1.165, 1.54) is 0 Å². The first-order valence-electron chi connectivity index (χ1n) is 9.64. The van der Waals surface area contributed by atoms with E-state index in [4.69, 9.17) is 9.26 Å². The first-order valence-corrected chi connectivity index (χ1v) is 10.4. The Kier molecular flexibility index (Phi) is 7.09. The number of amides is 1. The van der Waals surface area contributed by atoms with Crippen LogP contribution in [0.4, 0.5) is 0 Å². The van der Waals surface area contributed by atoms with E-state index in [2.05, 4.69) is 33.3 Å². The van der Waals surface area contributed by atoms with Gasteiger partial charge in [0.05, 0.1) is 23.7 Å². The number of benzene rings is 2. The summed E-state index contributed by atoms with van der Waals surface area (Å²) in [7, 11) is 0. The van der Waals surface area contributed by atoms with E-state index in [1.807, 2.05) is 62.4 Å². The van der Waals surface area contributed by atoms with E-state index < -0.39 is 0 Å². The molecule has 0 saturated carbocycles. The van der Waals surface area contributed by atoms with Gasteiger partial charge in [-0.2, -0.15) is 0 Å². The van der Waals surface area contributed by atoms with Crippen LogP contribution in [-0.2, 0) is 17.8 Å². The fourth-order valence-corrected chi connectivity index (χ4v) is 3.38. The number of aromatic nitrogens is 1. The average Bonchev–Trinajstić information content (AvgIpc) is 3.04. The molecule has 2 aromatic carbocycles. The van der Waals surface area contributed by atoms with Crippen molar-refractivity contribution in [1.29, 1.82) is 0 Å². The standard InChI is InChI=1S/C23H25BrN2O3/c1-4-22(18-7-9-19(24)10-8-18)25-23(27)13-17-5-11-20(12-6-17)28-14-21-15(2)26-29-16(21)3/h5-12,22H,4,13-14H2,1-3H3,(H,25,27). The van der Waals surface area contributed by atoms with E-state index in [1.54, 1.807) is 0 Å². The minimum Gasteiger partial charge on any atom is -0.489 e. The molecule has 0 aliphatic rings. The lowest BCUT2D eigenvalue weighted by Crippen LogP contribution is -2.29. The molecule has 1 amide bonds. The van der Waals surface area contributed by atoms with Crippen molar-refractivity contribution in [1.82, 2.24) is 10.5 Å². The van der Waals surface area contributed by atoms with Gasteiger partial charge in [0.25, 0.3) is 0 Å². The number of carbonyl (C=O) groups is 1. The van der Waals surface area contributed by atoms with E-state index >= 15 is 0 Å². The summed E-state index contributed by atoms with van der Waals surface area (Å²) in [5.74, 6) is 1.52. The normalized spacial score (nSPS) is 11.9. The zero-order chi connectivity index (χ0) is 20.8. The second kappa shape index (κ2) is 9.74. The zero-order valence-electron chi connectivity index (χ0n) is 16.9. The smallest absolute Gasteiger partial charge is 0.224 e. The summed E-state index contributed by atoms with van der Waals surface area (Å²) in [5.41, 5.74) is 3.85. The van der Waals surface area contributed by atoms with E-state index in [0.29, 0.717) is 13.0 Å². The first-order chi connectivity index (χ1) is 14.0. The van der Waals surface area contributed by atoms with E-state index in [-0.39, 0.29) is 11.9 Å². The zero-order valence-corrected chi connectivity index (χ0v) is 18.5. The van der Waals surface area contributed by atoms with Crippen molar-refractivity contribution in [3.8, 4) is 5.75 Å². The summed E-state index contributed by atoms with van der Waals surface area (Å²) in [4.78, 5) is 12.5. The van der Waals surface area contributed by atoms with Crippen LogP contribution in [0.5, 0.6) is 5.75 Å². The second-order valence-corrected chi connectivity index (χ2v) is 7.91. The van der Waals surface area contributed by atoms with E-state index in [0.717, 1.165) is 44.8 Å². The Balaban J connectivity index is 1.54. The molecule has 0 radical (unpaired) electrons. The van der Waals surface area contributed by atoms with Crippen molar-refractivity contribution in [2.75, 3.05) is 0 Å². The van der Waals surface area contributed by atoms with Crippen LogP contribution in [0.25, 0.3) is 0 Å². The third-order valence-corrected chi connectivity index (χ3v) is 5.40. The molecule has 1 unspecified atom stereocenters. The molecule has 1 aromatic heterocycles. The number of ether oxygens (including phenoxy) is 1. The maximum atomic E-state index is 12.5. The predicted octanol–water partition coefficient (Wildman–Crippen LogP) is 5.44. The molecule has 3 rings (SSSR count). The van der Waals surface area contributed by atoms with Crippen LogP contribution in [0.15, 0.2) is 57.5 Å². The average molecular weight is 457 g/mol. The molecule has 0 spiro atoms. The fraction of sp³-hybridized carbons (Fsp3) is 0.304. The third-order valence-electron chi connectivity index (χ3n) is 4.87. The Morgan fingerprint density at radius 3 is 2.41 bits per heavy atom. The molecule has 0 bridgehead atoms. The largest absolute Gasteiger partial charge is 0.489 e. The van der Waals surface area contributed by atoms with Gasteiger partial charge in [-0.05, 0) is 55.7 Å². The van der Waals surface area contributed by atoms with Gasteiger partial charge in [-0.3, -0.25) is 4.79 Å². The maximum Gasteiger partial charge on any atom is 0.224 e. The third kappa shape index (κ3) is 5.70. The minimum atomic E-state index is 0.00385. The summed E-state index contributed by atoms with van der Waals surface area (Å²) < 4.78 is 12.0. The van der Waals surface area contributed by atoms with Crippen LogP contribution < -0.4 is 10.1 Å². The highest BCUT2D eigenvalue weighted by atomic mass is 79.9. The Morgan fingerprint density at radius 1 is 1.14 bits per heavy atom. The molecule has 1 heterocycles. The number of hydrogen-bond donors (Lipinski definition) is 1. The highest BCUT2D eigenvalue weighted by molar-refractivity contribution is 9.10. The van der Waals surface area contributed by atoms with Gasteiger partial charge in [0.2, 0.25) is 5.91 Å². The van der Waals surface area contributed by atoms with Gasteiger partial charge in [0.15, 0.2) is 0 Å². The van der Waals surface area contributed by atoms with Gasteiger partial charge in [0, 0.05) is 4.47 Å². The van der Waals surface area contributed by atoms with Gasteiger partial charge in [0.1, 0.15) is 18.1 Å². The van der Waals surface area contributed by atoms with Crippen LogP contribution >= 0.6 is 15.9 Å². The number of halogens is 1. The molecule has 1 atom stereocenters. The minimum absolute atomic E-state index is 0.00385. The fourth-order valence-electron chi connectivity index (χ4n) is 3.11. The van der Waals surface area contributed by atoms with Crippen LogP contribution in [0.2, 0.25) is 0 Å². The van der Waals surface area contributed by atoms with E-state index in [9.17, 15) is 4.79 Å². The summed E-state index contributed by atoms with van der Waals surface area (Å²) in [6.45, 7) is 6.25. The van der Waals surface area contributed by atoms with Gasteiger partial charge in [-0.15, -0.1) is 0 Å². The molecule has 0 saturated heterocycles. The Bertz CT molecular complexity index is 930. The number of nitrogens with one attached hydrogen (secondary N) is 1. The molecule has 29 heavy (non-hydrogen) atoms. The lowest BCUT2D eigenvalue weighted by Gasteiger charge is -2.17. The molecular formula is C23H25BrN2O3. The molecule has 0 aliphatic carbocycles. The highest BCUT2D eigenvalue weighted by Gasteiger charge is 2.13. The number of carbonyl (C=O) groups excluding carboxylic acids is 1. The second-order valence-electron chi connectivity index (χ2n) is 6.99. The van der Waals surface area contributed by atoms with Crippen LogP contribution in [0.1, 0.15) is 47.5 Å². The highest BCUT2D eigenvalue weighted by Crippen LogP contribution is 2.21. The number of rotatable bonds is 8. The monoisotopic (exact) mass is 456 g/mol. The summed E-state index contributed by atoms with van der Waals surface area (Å²) >= 11 is 3.44. The van der Waals surface area contributed by atoms with Crippen molar-refractivity contribution in [2.45, 2.75) is 46.3 Å². The van der Waals surface area contributed by atoms with Crippen molar-refractivity contribution in [3.05, 3.63) is 81.1 Å².